The van der Waals surface area contributed by atoms with Crippen molar-refractivity contribution in [2.24, 2.45) is 5.92 Å². The Labute approximate surface area is 259 Å². The lowest BCUT2D eigenvalue weighted by atomic mass is 10.0. The Bertz CT molecular complexity index is 1330. The summed E-state index contributed by atoms with van der Waals surface area (Å²) < 4.78 is 12.2. The highest BCUT2D eigenvalue weighted by molar-refractivity contribution is 5.76. The Balaban J connectivity index is 1.46. The maximum absolute atomic E-state index is 6.12. The second-order valence-electron chi connectivity index (χ2n) is 11.9. The quantitative estimate of drug-likeness (QED) is 0.112. The van der Waals surface area contributed by atoms with Crippen LogP contribution >= 0.6 is 0 Å². The number of hydrogen-bond donors (Lipinski definition) is 1. The molecule has 0 radical (unpaired) electrons. The Morgan fingerprint density at radius 3 is 2.26 bits per heavy atom. The molecule has 1 heterocycles. The molecule has 3 aromatic carbocycles. The topological polar surface area (TPSA) is 53.6 Å². The number of rotatable bonds is 19. The van der Waals surface area contributed by atoms with Crippen molar-refractivity contribution in [1.82, 2.24) is 19.8 Å². The molecule has 1 unspecified atom stereocenters. The van der Waals surface area contributed by atoms with Crippen molar-refractivity contribution in [2.45, 2.75) is 79.5 Å². The van der Waals surface area contributed by atoms with Crippen molar-refractivity contribution in [3.05, 3.63) is 89.7 Å². The number of fused-ring (bicyclic) bond motifs is 1. The zero-order valence-electron chi connectivity index (χ0n) is 27.0. The molecule has 0 aliphatic carbocycles. The lowest BCUT2D eigenvalue weighted by molar-refractivity contribution is 0.150. The lowest BCUT2D eigenvalue weighted by Gasteiger charge is -2.32. The molecule has 1 N–H and O–H groups in total. The minimum absolute atomic E-state index is 0.210. The molecule has 0 saturated heterocycles. The van der Waals surface area contributed by atoms with E-state index in [1.165, 1.54) is 11.1 Å². The highest BCUT2D eigenvalue weighted by Crippen LogP contribution is 2.30. The second-order valence-corrected chi connectivity index (χ2v) is 11.9. The summed E-state index contributed by atoms with van der Waals surface area (Å²) in [6.07, 6.45) is 4.40. The summed E-state index contributed by atoms with van der Waals surface area (Å²) in [5.74, 6) is 3.39. The van der Waals surface area contributed by atoms with Crippen LogP contribution in [-0.4, -0.2) is 52.6 Å². The first-order valence-electron chi connectivity index (χ1n) is 16.3. The number of nitrogens with one attached hydrogen (secondary N) is 1. The molecule has 0 saturated carbocycles. The molecule has 1 aromatic heterocycles. The molecule has 6 nitrogen and oxygen atoms in total. The number of ether oxygens (including phenoxy) is 2. The summed E-state index contributed by atoms with van der Waals surface area (Å²) in [5.41, 5.74) is 4.50. The summed E-state index contributed by atoms with van der Waals surface area (Å²) in [6, 6.07) is 25.4. The molecule has 0 fully saturated rings. The van der Waals surface area contributed by atoms with Gasteiger partial charge in [-0.3, -0.25) is 4.90 Å². The van der Waals surface area contributed by atoms with Crippen LogP contribution in [0.1, 0.15) is 83.3 Å². The van der Waals surface area contributed by atoms with Gasteiger partial charge in [0.2, 0.25) is 0 Å². The fourth-order valence-corrected chi connectivity index (χ4v) is 5.60. The molecule has 0 bridgehead atoms. The highest BCUT2D eigenvalue weighted by Gasteiger charge is 2.24. The maximum Gasteiger partial charge on any atom is 0.124 e. The largest absolute Gasteiger partial charge is 0.493 e. The number of hydrogen-bond acceptors (Lipinski definition) is 5. The smallest absolute Gasteiger partial charge is 0.124 e. The summed E-state index contributed by atoms with van der Waals surface area (Å²) in [5, 5.41) is 0. The van der Waals surface area contributed by atoms with Crippen molar-refractivity contribution in [2.75, 3.05) is 32.8 Å². The van der Waals surface area contributed by atoms with E-state index in [2.05, 4.69) is 104 Å². The third kappa shape index (κ3) is 10.1. The van der Waals surface area contributed by atoms with E-state index in [0.29, 0.717) is 12.5 Å². The van der Waals surface area contributed by atoms with E-state index in [0.717, 1.165) is 93.4 Å². The molecule has 4 aromatic rings. The lowest BCUT2D eigenvalue weighted by Crippen LogP contribution is -2.32. The molecule has 0 aliphatic rings. The van der Waals surface area contributed by atoms with Crippen LogP contribution in [0.5, 0.6) is 11.5 Å². The second kappa shape index (κ2) is 17.1. The molecular formula is C37H52N4O2. The predicted octanol–water partition coefficient (Wildman–Crippen LogP) is 8.64. The van der Waals surface area contributed by atoms with Gasteiger partial charge in [-0.2, -0.15) is 0 Å². The zero-order chi connectivity index (χ0) is 30.4. The minimum Gasteiger partial charge on any atom is -0.493 e. The molecule has 43 heavy (non-hydrogen) atoms. The van der Waals surface area contributed by atoms with Gasteiger partial charge < -0.3 is 19.4 Å². The normalized spacial score (nSPS) is 12.5. The van der Waals surface area contributed by atoms with Gasteiger partial charge in [0.25, 0.3) is 0 Å². The van der Waals surface area contributed by atoms with Gasteiger partial charge in [-0.25, -0.2) is 4.98 Å². The van der Waals surface area contributed by atoms with E-state index in [9.17, 15) is 0 Å². The number of aromatic nitrogens is 2. The van der Waals surface area contributed by atoms with E-state index in [1.807, 2.05) is 18.2 Å². The van der Waals surface area contributed by atoms with E-state index >= 15 is 0 Å². The number of H-pyrrole nitrogens is 1. The fourth-order valence-electron chi connectivity index (χ4n) is 5.60. The van der Waals surface area contributed by atoms with E-state index in [4.69, 9.17) is 14.5 Å². The summed E-state index contributed by atoms with van der Waals surface area (Å²) >= 11 is 0. The minimum atomic E-state index is 0.210. The SMILES string of the molecule is CCCCC(c1nc2ccc(OCCCN(CC)CC)cc2[nH]1)N(Cc1ccc(OCc2ccccc2)cc1)CC(C)C. The molecular weight excluding hydrogens is 532 g/mol. The van der Waals surface area contributed by atoms with Crippen LogP contribution in [0.4, 0.5) is 0 Å². The van der Waals surface area contributed by atoms with Crippen LogP contribution in [-0.2, 0) is 13.2 Å². The van der Waals surface area contributed by atoms with Crippen LogP contribution in [0, 0.1) is 5.92 Å². The van der Waals surface area contributed by atoms with Gasteiger partial charge in [-0.1, -0.05) is 89.9 Å². The fraction of sp³-hybridized carbons (Fsp3) is 0.486. The van der Waals surface area contributed by atoms with Gasteiger partial charge >= 0.3 is 0 Å². The predicted molar refractivity (Wildman–Crippen MR) is 179 cm³/mol. The molecule has 232 valence electrons. The Morgan fingerprint density at radius 1 is 0.814 bits per heavy atom. The van der Waals surface area contributed by atoms with Crippen molar-refractivity contribution in [3.8, 4) is 11.5 Å². The number of benzene rings is 3. The standard InChI is InChI=1S/C37H52N4O2/c1-6-9-16-36(37-38-34-22-21-33(25-35(34)39-37)42-24-13-23-40(7-2)8-3)41(26-29(4)5)27-30-17-19-32(20-18-30)43-28-31-14-11-10-12-15-31/h10-12,14-15,17-22,25,29,36H,6-9,13,16,23-24,26-28H2,1-5H3,(H,38,39). The van der Waals surface area contributed by atoms with Gasteiger partial charge in [0.05, 0.1) is 23.7 Å². The molecule has 0 amide bonds. The van der Waals surface area contributed by atoms with Crippen LogP contribution in [0.15, 0.2) is 72.8 Å². The van der Waals surface area contributed by atoms with Gasteiger partial charge in [-0.05, 0) is 67.2 Å². The van der Waals surface area contributed by atoms with Crippen LogP contribution in [0.3, 0.4) is 0 Å². The summed E-state index contributed by atoms with van der Waals surface area (Å²) in [4.78, 5) is 13.8. The van der Waals surface area contributed by atoms with Crippen molar-refractivity contribution < 1.29 is 9.47 Å². The van der Waals surface area contributed by atoms with Gasteiger partial charge in [0, 0.05) is 25.7 Å². The van der Waals surface area contributed by atoms with Crippen LogP contribution < -0.4 is 9.47 Å². The van der Waals surface area contributed by atoms with E-state index in [1.54, 1.807) is 0 Å². The number of imidazole rings is 1. The third-order valence-electron chi connectivity index (χ3n) is 8.00. The molecule has 1 atom stereocenters. The maximum atomic E-state index is 6.12. The van der Waals surface area contributed by atoms with Gasteiger partial charge in [0.15, 0.2) is 0 Å². The Kier molecular flexibility index (Phi) is 12.9. The number of aromatic amines is 1. The molecule has 0 spiro atoms. The number of unbranched alkanes of at least 4 members (excludes halogenated alkanes) is 1. The first kappa shape index (κ1) is 32.6. The Morgan fingerprint density at radius 2 is 1.56 bits per heavy atom. The van der Waals surface area contributed by atoms with E-state index < -0.39 is 0 Å². The van der Waals surface area contributed by atoms with Crippen molar-refractivity contribution in [3.63, 3.8) is 0 Å². The zero-order valence-corrected chi connectivity index (χ0v) is 27.0. The van der Waals surface area contributed by atoms with E-state index in [-0.39, 0.29) is 6.04 Å². The molecule has 0 aliphatic heterocycles. The van der Waals surface area contributed by atoms with Crippen molar-refractivity contribution >= 4 is 11.0 Å². The first-order valence-corrected chi connectivity index (χ1v) is 16.3. The first-order chi connectivity index (χ1) is 21.0. The van der Waals surface area contributed by atoms with Crippen LogP contribution in [0.25, 0.3) is 11.0 Å². The van der Waals surface area contributed by atoms with Crippen LogP contribution in [0.2, 0.25) is 0 Å². The summed E-state index contributed by atoms with van der Waals surface area (Å²) in [7, 11) is 0. The average Bonchev–Trinajstić information content (AvgIpc) is 3.44. The Hall–Kier alpha value is -3.35. The third-order valence-corrected chi connectivity index (χ3v) is 8.00. The monoisotopic (exact) mass is 584 g/mol. The molecule has 6 heteroatoms. The molecule has 4 rings (SSSR count). The highest BCUT2D eigenvalue weighted by atomic mass is 16.5. The number of nitrogens with zero attached hydrogens (tertiary/aromatic N) is 3. The van der Waals surface area contributed by atoms with Gasteiger partial charge in [-0.15, -0.1) is 0 Å². The average molecular weight is 585 g/mol. The summed E-state index contributed by atoms with van der Waals surface area (Å²) in [6.45, 7) is 17.7. The van der Waals surface area contributed by atoms with Crippen molar-refractivity contribution in [1.29, 1.82) is 0 Å². The van der Waals surface area contributed by atoms with Gasteiger partial charge in [0.1, 0.15) is 23.9 Å².